The summed E-state index contributed by atoms with van der Waals surface area (Å²) in [6.45, 7) is 4.71. The molecule has 5 nitrogen and oxygen atoms in total. The molecule has 0 radical (unpaired) electrons. The van der Waals surface area contributed by atoms with Crippen molar-refractivity contribution in [1.29, 1.82) is 0 Å². The fourth-order valence-electron chi connectivity index (χ4n) is 1.54. The Morgan fingerprint density at radius 1 is 1.50 bits per heavy atom. The number of rotatable bonds is 6. The molecule has 0 unspecified atom stereocenters. The molecule has 0 heterocycles. The molecule has 0 N–H and O–H groups in total. The summed E-state index contributed by atoms with van der Waals surface area (Å²) in [5, 5.41) is 10.8. The molecular formula is C12H17FN2O3. The molecule has 0 saturated carbocycles. The van der Waals surface area contributed by atoms with Crippen LogP contribution in [0.3, 0.4) is 0 Å². The largest absolute Gasteiger partial charge is 0.377 e. The topological polar surface area (TPSA) is 55.6 Å². The Labute approximate surface area is 105 Å². The maximum Gasteiger partial charge on any atom is 0.327 e. The molecule has 0 saturated heterocycles. The van der Waals surface area contributed by atoms with Crippen LogP contribution in [-0.4, -0.2) is 31.2 Å². The van der Waals surface area contributed by atoms with E-state index in [2.05, 4.69) is 0 Å². The first-order valence-corrected chi connectivity index (χ1v) is 5.69. The van der Waals surface area contributed by atoms with Gasteiger partial charge in [-0.1, -0.05) is 6.07 Å². The Kier molecular flexibility index (Phi) is 5.03. The second kappa shape index (κ2) is 6.30. The molecular weight excluding hydrogens is 239 g/mol. The number of benzene rings is 1. The van der Waals surface area contributed by atoms with E-state index in [0.29, 0.717) is 13.2 Å². The summed E-state index contributed by atoms with van der Waals surface area (Å²) in [5.41, 5.74) is -0.239. The Bertz CT molecular complexity index is 424. The van der Waals surface area contributed by atoms with Crippen molar-refractivity contribution >= 4 is 11.4 Å². The summed E-state index contributed by atoms with van der Waals surface area (Å²) in [6, 6.07) is 4.06. The van der Waals surface area contributed by atoms with Crippen LogP contribution >= 0.6 is 0 Å². The molecule has 18 heavy (non-hydrogen) atoms. The summed E-state index contributed by atoms with van der Waals surface area (Å²) in [6.07, 6.45) is 0.0981. The minimum Gasteiger partial charge on any atom is -0.377 e. The lowest BCUT2D eigenvalue weighted by Gasteiger charge is -2.19. The molecule has 6 heteroatoms. The zero-order chi connectivity index (χ0) is 13.7. The van der Waals surface area contributed by atoms with Crippen molar-refractivity contribution in [1.82, 2.24) is 0 Å². The number of anilines is 1. The lowest BCUT2D eigenvalue weighted by atomic mass is 10.2. The molecule has 0 aliphatic heterocycles. The highest BCUT2D eigenvalue weighted by atomic mass is 19.1. The van der Waals surface area contributed by atoms with Gasteiger partial charge in [0, 0.05) is 13.6 Å². The number of para-hydroxylation sites is 1. The second-order valence-corrected chi connectivity index (χ2v) is 4.21. The van der Waals surface area contributed by atoms with Crippen LogP contribution in [0.4, 0.5) is 15.8 Å². The minimum absolute atomic E-state index is 0.0981. The molecule has 1 aromatic carbocycles. The maximum atomic E-state index is 13.4. The van der Waals surface area contributed by atoms with E-state index in [1.54, 1.807) is 11.9 Å². The lowest BCUT2D eigenvalue weighted by molar-refractivity contribution is -0.386. The van der Waals surface area contributed by atoms with Crippen LogP contribution in [0.5, 0.6) is 0 Å². The molecule has 0 amide bonds. The van der Waals surface area contributed by atoms with Gasteiger partial charge in [-0.2, -0.15) is 4.39 Å². The average molecular weight is 256 g/mol. The number of nitro benzene ring substituents is 1. The number of hydrogen-bond donors (Lipinski definition) is 0. The van der Waals surface area contributed by atoms with Gasteiger partial charge in [-0.15, -0.1) is 0 Å². The number of nitro groups is 1. The zero-order valence-corrected chi connectivity index (χ0v) is 10.7. The first kappa shape index (κ1) is 14.4. The second-order valence-electron chi connectivity index (χ2n) is 4.21. The Morgan fingerprint density at radius 2 is 2.17 bits per heavy atom. The first-order valence-electron chi connectivity index (χ1n) is 5.69. The van der Waals surface area contributed by atoms with E-state index >= 15 is 0 Å². The standard InChI is InChI=1S/C12H17FN2O3/c1-9(2)18-8-7-14(3)11-6-4-5-10(13)12(11)15(16)17/h4-6,9H,7-8H2,1-3H3. The lowest BCUT2D eigenvalue weighted by Crippen LogP contribution is -2.24. The van der Waals surface area contributed by atoms with Gasteiger partial charge in [0.1, 0.15) is 5.69 Å². The van der Waals surface area contributed by atoms with Gasteiger partial charge in [-0.25, -0.2) is 0 Å². The summed E-state index contributed by atoms with van der Waals surface area (Å²) in [5.74, 6) is -0.825. The summed E-state index contributed by atoms with van der Waals surface area (Å²) in [4.78, 5) is 11.7. The fourth-order valence-corrected chi connectivity index (χ4v) is 1.54. The SMILES string of the molecule is CC(C)OCCN(C)c1cccc(F)c1[N+](=O)[O-]. The third kappa shape index (κ3) is 3.66. The van der Waals surface area contributed by atoms with Gasteiger partial charge in [-0.05, 0) is 26.0 Å². The predicted octanol–water partition coefficient (Wildman–Crippen LogP) is 2.60. The van der Waals surface area contributed by atoms with Crippen molar-refractivity contribution < 1.29 is 14.1 Å². The van der Waals surface area contributed by atoms with Gasteiger partial charge in [0.2, 0.25) is 5.82 Å². The number of halogens is 1. The smallest absolute Gasteiger partial charge is 0.327 e. The van der Waals surface area contributed by atoms with Crippen molar-refractivity contribution in [3.8, 4) is 0 Å². The maximum absolute atomic E-state index is 13.4. The highest BCUT2D eigenvalue weighted by molar-refractivity contribution is 5.63. The zero-order valence-electron chi connectivity index (χ0n) is 10.7. The van der Waals surface area contributed by atoms with Gasteiger partial charge in [0.05, 0.1) is 17.6 Å². The van der Waals surface area contributed by atoms with Crippen LogP contribution in [0.2, 0.25) is 0 Å². The predicted molar refractivity (Wildman–Crippen MR) is 67.4 cm³/mol. The van der Waals surface area contributed by atoms with Gasteiger partial charge in [-0.3, -0.25) is 10.1 Å². The van der Waals surface area contributed by atoms with E-state index in [9.17, 15) is 14.5 Å². The molecule has 0 aliphatic carbocycles. The molecule has 0 aliphatic rings. The van der Waals surface area contributed by atoms with Crippen molar-refractivity contribution in [2.24, 2.45) is 0 Å². The molecule has 100 valence electrons. The number of ether oxygens (including phenoxy) is 1. The van der Waals surface area contributed by atoms with E-state index in [4.69, 9.17) is 4.74 Å². The van der Waals surface area contributed by atoms with Crippen LogP contribution < -0.4 is 4.90 Å². The minimum atomic E-state index is -0.825. The number of nitrogens with zero attached hydrogens (tertiary/aromatic N) is 2. The molecule has 1 aromatic rings. The van der Waals surface area contributed by atoms with E-state index in [1.807, 2.05) is 13.8 Å². The fraction of sp³-hybridized carbons (Fsp3) is 0.500. The summed E-state index contributed by atoms with van der Waals surface area (Å²) >= 11 is 0. The normalized spacial score (nSPS) is 10.7. The van der Waals surface area contributed by atoms with Crippen molar-refractivity contribution in [3.05, 3.63) is 34.1 Å². The third-order valence-corrected chi connectivity index (χ3v) is 2.44. The van der Waals surface area contributed by atoms with Crippen LogP contribution in [0.1, 0.15) is 13.8 Å². The Morgan fingerprint density at radius 3 is 2.72 bits per heavy atom. The summed E-state index contributed by atoms with van der Waals surface area (Å²) in [7, 11) is 1.67. The number of likely N-dealkylation sites (N-methyl/N-ethyl adjacent to an activating group) is 1. The molecule has 0 atom stereocenters. The van der Waals surface area contributed by atoms with Crippen LogP contribution in [0, 0.1) is 15.9 Å². The molecule has 0 bridgehead atoms. The van der Waals surface area contributed by atoms with Crippen molar-refractivity contribution in [2.45, 2.75) is 20.0 Å². The quantitative estimate of drug-likeness (QED) is 0.580. The van der Waals surface area contributed by atoms with E-state index in [0.717, 1.165) is 6.07 Å². The van der Waals surface area contributed by atoms with E-state index in [1.165, 1.54) is 12.1 Å². The number of hydrogen-bond acceptors (Lipinski definition) is 4. The monoisotopic (exact) mass is 256 g/mol. The van der Waals surface area contributed by atoms with Crippen LogP contribution in [0.15, 0.2) is 18.2 Å². The van der Waals surface area contributed by atoms with E-state index < -0.39 is 16.4 Å². The molecule has 0 fully saturated rings. The highest BCUT2D eigenvalue weighted by Gasteiger charge is 2.22. The van der Waals surface area contributed by atoms with Crippen LogP contribution in [-0.2, 0) is 4.74 Å². The summed E-state index contributed by atoms with van der Waals surface area (Å²) < 4.78 is 18.8. The first-order chi connectivity index (χ1) is 8.43. The highest BCUT2D eigenvalue weighted by Crippen LogP contribution is 2.29. The van der Waals surface area contributed by atoms with Crippen molar-refractivity contribution in [2.75, 3.05) is 25.1 Å². The third-order valence-electron chi connectivity index (χ3n) is 2.44. The molecule has 1 rings (SSSR count). The molecule has 0 aromatic heterocycles. The van der Waals surface area contributed by atoms with E-state index in [-0.39, 0.29) is 11.8 Å². The Balaban J connectivity index is 2.82. The van der Waals surface area contributed by atoms with Crippen molar-refractivity contribution in [3.63, 3.8) is 0 Å². The average Bonchev–Trinajstić information content (AvgIpc) is 2.27. The Hall–Kier alpha value is -1.69. The van der Waals surface area contributed by atoms with Gasteiger partial charge in [0.25, 0.3) is 0 Å². The van der Waals surface area contributed by atoms with Gasteiger partial charge >= 0.3 is 5.69 Å². The van der Waals surface area contributed by atoms with Gasteiger partial charge in [0.15, 0.2) is 0 Å². The van der Waals surface area contributed by atoms with Crippen LogP contribution in [0.25, 0.3) is 0 Å². The molecule has 0 spiro atoms. The van der Waals surface area contributed by atoms with Gasteiger partial charge < -0.3 is 9.64 Å².